The van der Waals surface area contributed by atoms with Crippen molar-refractivity contribution in [3.8, 4) is 11.5 Å². The first-order valence-corrected chi connectivity index (χ1v) is 4.98. The van der Waals surface area contributed by atoms with Gasteiger partial charge in [0.15, 0.2) is 11.5 Å². The van der Waals surface area contributed by atoms with Crippen LogP contribution in [0.3, 0.4) is 0 Å². The van der Waals surface area contributed by atoms with Gasteiger partial charge in [0.05, 0.1) is 6.61 Å². The molecule has 0 spiro atoms. The Hall–Kier alpha value is -0.970. The fourth-order valence-electron chi connectivity index (χ4n) is 1.46. The molecule has 0 aromatic heterocycles. The van der Waals surface area contributed by atoms with Gasteiger partial charge in [-0.25, -0.2) is 0 Å². The normalized spacial score (nSPS) is 12.3. The number of methoxy groups -OCH3 is 1. The van der Waals surface area contributed by atoms with E-state index in [0.29, 0.717) is 6.79 Å². The maximum absolute atomic E-state index is 5.29. The van der Waals surface area contributed by atoms with Crippen molar-refractivity contribution in [1.82, 2.24) is 5.32 Å². The van der Waals surface area contributed by atoms with E-state index >= 15 is 0 Å². The molecule has 16 heavy (non-hydrogen) atoms. The van der Waals surface area contributed by atoms with Crippen LogP contribution in [0.2, 0.25) is 0 Å². The second kappa shape index (κ2) is 6.58. The van der Waals surface area contributed by atoms with E-state index in [2.05, 4.69) is 5.32 Å². The van der Waals surface area contributed by atoms with Crippen LogP contribution in [0.4, 0.5) is 0 Å². The quantitative estimate of drug-likeness (QED) is 0.618. The second-order valence-corrected chi connectivity index (χ2v) is 3.36. The highest BCUT2D eigenvalue weighted by atomic mass is 35.5. The van der Waals surface area contributed by atoms with E-state index in [1.165, 1.54) is 5.56 Å². The average molecular weight is 245 g/mol. The van der Waals surface area contributed by atoms with E-state index in [4.69, 9.17) is 14.2 Å². The molecule has 1 aliphatic heterocycles. The standard InChI is InChI=1S/C11H15NO3.ClH/c1-13-5-4-12-7-9-2-3-10-11(6-9)15-8-14-10;/h2-3,6,12H,4-5,7-8H2,1H3;1H/p-1. The van der Waals surface area contributed by atoms with Crippen LogP contribution in [-0.4, -0.2) is 27.1 Å². The molecule has 1 heterocycles. The third kappa shape index (κ3) is 3.27. The predicted octanol–water partition coefficient (Wildman–Crippen LogP) is -1.84. The largest absolute Gasteiger partial charge is 1.00 e. The number of fused-ring (bicyclic) bond motifs is 1. The third-order valence-electron chi connectivity index (χ3n) is 2.25. The first-order valence-electron chi connectivity index (χ1n) is 4.98. The van der Waals surface area contributed by atoms with Crippen LogP contribution >= 0.6 is 0 Å². The van der Waals surface area contributed by atoms with Crippen molar-refractivity contribution >= 4 is 0 Å². The summed E-state index contributed by atoms with van der Waals surface area (Å²) in [6.45, 7) is 2.73. The molecule has 5 heteroatoms. The summed E-state index contributed by atoms with van der Waals surface area (Å²) in [4.78, 5) is 0. The second-order valence-electron chi connectivity index (χ2n) is 3.36. The van der Waals surface area contributed by atoms with Gasteiger partial charge in [0.1, 0.15) is 0 Å². The van der Waals surface area contributed by atoms with E-state index in [9.17, 15) is 0 Å². The van der Waals surface area contributed by atoms with Crippen LogP contribution in [0.1, 0.15) is 5.56 Å². The number of hydrogen-bond donors (Lipinski definition) is 1. The minimum Gasteiger partial charge on any atom is -1.00 e. The molecule has 0 atom stereocenters. The predicted molar refractivity (Wildman–Crippen MR) is 56.1 cm³/mol. The van der Waals surface area contributed by atoms with E-state index in [1.54, 1.807) is 7.11 Å². The van der Waals surface area contributed by atoms with E-state index in [-0.39, 0.29) is 12.4 Å². The van der Waals surface area contributed by atoms with Crippen LogP contribution in [0.25, 0.3) is 0 Å². The summed E-state index contributed by atoms with van der Waals surface area (Å²) in [5.41, 5.74) is 1.19. The van der Waals surface area contributed by atoms with Gasteiger partial charge in [-0.15, -0.1) is 0 Å². The van der Waals surface area contributed by atoms with Gasteiger partial charge in [-0.2, -0.15) is 0 Å². The zero-order valence-electron chi connectivity index (χ0n) is 9.16. The molecule has 0 aliphatic carbocycles. The van der Waals surface area contributed by atoms with Crippen molar-refractivity contribution < 1.29 is 26.6 Å². The molecule has 1 aromatic rings. The van der Waals surface area contributed by atoms with Gasteiger partial charge in [-0.3, -0.25) is 0 Å². The van der Waals surface area contributed by atoms with Crippen molar-refractivity contribution in [2.75, 3.05) is 27.1 Å². The maximum atomic E-state index is 5.29. The van der Waals surface area contributed by atoms with Gasteiger partial charge in [0, 0.05) is 20.2 Å². The van der Waals surface area contributed by atoms with Crippen molar-refractivity contribution in [2.45, 2.75) is 6.54 Å². The molecule has 0 fully saturated rings. The van der Waals surface area contributed by atoms with Crippen LogP contribution in [0, 0.1) is 0 Å². The number of benzene rings is 1. The van der Waals surface area contributed by atoms with Gasteiger partial charge in [-0.05, 0) is 17.7 Å². The molecule has 0 bridgehead atoms. The van der Waals surface area contributed by atoms with Crippen LogP contribution in [0.5, 0.6) is 11.5 Å². The molecule has 0 saturated heterocycles. The summed E-state index contributed by atoms with van der Waals surface area (Å²) >= 11 is 0. The number of nitrogens with one attached hydrogen (secondary N) is 1. The lowest BCUT2D eigenvalue weighted by Gasteiger charge is -2.04. The molecule has 4 nitrogen and oxygen atoms in total. The van der Waals surface area contributed by atoms with Crippen LogP contribution in [0.15, 0.2) is 18.2 Å². The molecule has 90 valence electrons. The fraction of sp³-hybridized carbons (Fsp3) is 0.455. The number of hydrogen-bond acceptors (Lipinski definition) is 4. The Labute approximate surface area is 101 Å². The SMILES string of the molecule is COCCNCc1ccc2c(c1)OCO2.[Cl-]. The van der Waals surface area contributed by atoms with Crippen LogP contribution in [-0.2, 0) is 11.3 Å². The maximum Gasteiger partial charge on any atom is 0.231 e. The highest BCUT2D eigenvalue weighted by molar-refractivity contribution is 5.44. The number of halogens is 1. The molecular formula is C11H15ClNO3-. The third-order valence-corrected chi connectivity index (χ3v) is 2.25. The van der Waals surface area contributed by atoms with Crippen molar-refractivity contribution in [1.29, 1.82) is 0 Å². The topological polar surface area (TPSA) is 39.7 Å². The molecule has 0 saturated carbocycles. The van der Waals surface area contributed by atoms with Crippen molar-refractivity contribution in [3.05, 3.63) is 23.8 Å². The van der Waals surface area contributed by atoms with Gasteiger partial charge in [-0.1, -0.05) is 6.07 Å². The Morgan fingerprint density at radius 3 is 2.94 bits per heavy atom. The molecule has 1 N–H and O–H groups in total. The Balaban J connectivity index is 0.00000128. The molecule has 0 amide bonds. The number of ether oxygens (including phenoxy) is 3. The summed E-state index contributed by atoms with van der Waals surface area (Å²) in [6.07, 6.45) is 0. The van der Waals surface area contributed by atoms with Gasteiger partial charge >= 0.3 is 0 Å². The Bertz CT molecular complexity index is 333. The lowest BCUT2D eigenvalue weighted by atomic mass is 10.2. The van der Waals surface area contributed by atoms with Crippen molar-refractivity contribution in [2.24, 2.45) is 0 Å². The molecule has 2 rings (SSSR count). The Morgan fingerprint density at radius 1 is 1.31 bits per heavy atom. The van der Waals surface area contributed by atoms with Gasteiger partial charge in [0.2, 0.25) is 6.79 Å². The summed E-state index contributed by atoms with van der Waals surface area (Å²) < 4.78 is 15.5. The first kappa shape index (κ1) is 13.1. The minimum absolute atomic E-state index is 0. The highest BCUT2D eigenvalue weighted by Gasteiger charge is 2.12. The van der Waals surface area contributed by atoms with E-state index in [1.807, 2.05) is 18.2 Å². The summed E-state index contributed by atoms with van der Waals surface area (Å²) in [5.74, 6) is 1.66. The van der Waals surface area contributed by atoms with Crippen molar-refractivity contribution in [3.63, 3.8) is 0 Å². The average Bonchev–Trinajstić information content (AvgIpc) is 2.71. The molecule has 0 radical (unpaired) electrons. The lowest BCUT2D eigenvalue weighted by Crippen LogP contribution is -3.00. The molecular weight excluding hydrogens is 230 g/mol. The Kier molecular flexibility index (Phi) is 5.38. The van der Waals surface area contributed by atoms with Gasteiger partial charge < -0.3 is 31.9 Å². The fourth-order valence-corrected chi connectivity index (χ4v) is 1.46. The van der Waals surface area contributed by atoms with E-state index in [0.717, 1.165) is 31.2 Å². The van der Waals surface area contributed by atoms with Gasteiger partial charge in [0.25, 0.3) is 0 Å². The Morgan fingerprint density at radius 2 is 2.12 bits per heavy atom. The van der Waals surface area contributed by atoms with E-state index < -0.39 is 0 Å². The zero-order valence-corrected chi connectivity index (χ0v) is 9.92. The molecule has 0 unspecified atom stereocenters. The molecule has 1 aromatic carbocycles. The highest BCUT2D eigenvalue weighted by Crippen LogP contribution is 2.32. The summed E-state index contributed by atoms with van der Waals surface area (Å²) in [6, 6.07) is 5.98. The zero-order chi connectivity index (χ0) is 10.5. The lowest BCUT2D eigenvalue weighted by molar-refractivity contribution is -0.00000501. The summed E-state index contributed by atoms with van der Waals surface area (Å²) in [7, 11) is 1.70. The summed E-state index contributed by atoms with van der Waals surface area (Å²) in [5, 5.41) is 3.27. The first-order chi connectivity index (χ1) is 7.40. The monoisotopic (exact) mass is 244 g/mol. The smallest absolute Gasteiger partial charge is 0.231 e. The number of rotatable bonds is 5. The van der Waals surface area contributed by atoms with Crippen LogP contribution < -0.4 is 27.2 Å². The molecule has 1 aliphatic rings. The minimum atomic E-state index is 0.